The number of thioether (sulfide) groups is 1. The molecule has 0 heterocycles. The molecule has 1 aromatic carbocycles. The molecule has 1 aromatic rings. The molecule has 2 N–H and O–H groups in total. The predicted molar refractivity (Wildman–Crippen MR) is 68.6 cm³/mol. The molecule has 0 atom stereocenters. The van der Waals surface area contributed by atoms with E-state index >= 15 is 0 Å². The monoisotopic (exact) mass is 238 g/mol. The van der Waals surface area contributed by atoms with Gasteiger partial charge >= 0.3 is 0 Å². The second kappa shape index (κ2) is 7.30. The average molecular weight is 238 g/mol. The first-order valence-electron chi connectivity index (χ1n) is 5.30. The minimum absolute atomic E-state index is 0.0743. The zero-order chi connectivity index (χ0) is 11.8. The normalized spacial score (nSPS) is 10.1. The molecule has 1 rings (SSSR count). The molecule has 0 aliphatic rings. The lowest BCUT2D eigenvalue weighted by atomic mass is 10.2. The summed E-state index contributed by atoms with van der Waals surface area (Å²) < 4.78 is 0. The molecule has 0 saturated carbocycles. The Morgan fingerprint density at radius 1 is 1.31 bits per heavy atom. The molecular weight excluding hydrogens is 220 g/mol. The van der Waals surface area contributed by atoms with Gasteiger partial charge in [0, 0.05) is 31.5 Å². The maximum Gasteiger partial charge on any atom is 0.221 e. The van der Waals surface area contributed by atoms with E-state index in [1.54, 1.807) is 18.8 Å². The number of carbonyl (C=O) groups is 1. The first kappa shape index (κ1) is 13.1. The molecule has 0 spiro atoms. The third-order valence-electron chi connectivity index (χ3n) is 2.30. The van der Waals surface area contributed by atoms with Crippen molar-refractivity contribution in [1.29, 1.82) is 0 Å². The maximum absolute atomic E-state index is 11.0. The molecule has 0 bridgehead atoms. The fourth-order valence-corrected chi connectivity index (χ4v) is 1.71. The quantitative estimate of drug-likeness (QED) is 0.585. The highest BCUT2D eigenvalue weighted by Crippen LogP contribution is 2.14. The van der Waals surface area contributed by atoms with Crippen LogP contribution in [0.3, 0.4) is 0 Å². The lowest BCUT2D eigenvalue weighted by molar-refractivity contribution is -0.120. The Morgan fingerprint density at radius 2 is 2.00 bits per heavy atom. The van der Waals surface area contributed by atoms with Gasteiger partial charge in [-0.1, -0.05) is 12.1 Å². The maximum atomic E-state index is 11.0. The predicted octanol–water partition coefficient (Wildman–Crippen LogP) is 1.63. The van der Waals surface area contributed by atoms with Gasteiger partial charge in [-0.3, -0.25) is 4.79 Å². The largest absolute Gasteiger partial charge is 0.359 e. The summed E-state index contributed by atoms with van der Waals surface area (Å²) in [5.41, 5.74) is 1.25. The van der Waals surface area contributed by atoms with Crippen molar-refractivity contribution in [2.75, 3.05) is 19.8 Å². The van der Waals surface area contributed by atoms with Crippen molar-refractivity contribution >= 4 is 17.7 Å². The van der Waals surface area contributed by atoms with Crippen molar-refractivity contribution in [3.63, 3.8) is 0 Å². The molecule has 0 aromatic heterocycles. The van der Waals surface area contributed by atoms with Gasteiger partial charge in [-0.2, -0.15) is 0 Å². The van der Waals surface area contributed by atoms with Gasteiger partial charge < -0.3 is 10.6 Å². The van der Waals surface area contributed by atoms with Gasteiger partial charge in [0.15, 0.2) is 0 Å². The van der Waals surface area contributed by atoms with Gasteiger partial charge in [0.05, 0.1) is 0 Å². The Morgan fingerprint density at radius 3 is 2.56 bits per heavy atom. The van der Waals surface area contributed by atoms with Crippen LogP contribution in [0, 0.1) is 0 Å². The van der Waals surface area contributed by atoms with E-state index in [0.717, 1.165) is 6.54 Å². The Labute approximate surface area is 101 Å². The molecule has 0 fully saturated rings. The molecule has 1 amide bonds. The van der Waals surface area contributed by atoms with Gasteiger partial charge in [-0.05, 0) is 24.0 Å². The van der Waals surface area contributed by atoms with Crippen molar-refractivity contribution in [2.24, 2.45) is 0 Å². The summed E-state index contributed by atoms with van der Waals surface area (Å²) in [4.78, 5) is 12.2. The molecular formula is C12H18N2OS. The number of rotatable bonds is 6. The molecule has 4 heteroatoms. The van der Waals surface area contributed by atoms with Gasteiger partial charge in [-0.15, -0.1) is 11.8 Å². The van der Waals surface area contributed by atoms with E-state index in [9.17, 15) is 4.79 Å². The van der Waals surface area contributed by atoms with E-state index < -0.39 is 0 Å². The van der Waals surface area contributed by atoms with Crippen LogP contribution >= 0.6 is 11.8 Å². The minimum atomic E-state index is 0.0743. The summed E-state index contributed by atoms with van der Waals surface area (Å²) in [6, 6.07) is 8.44. The van der Waals surface area contributed by atoms with Crippen LogP contribution in [0.15, 0.2) is 29.2 Å². The van der Waals surface area contributed by atoms with Crippen LogP contribution in [0.2, 0.25) is 0 Å². The van der Waals surface area contributed by atoms with Crippen molar-refractivity contribution in [2.45, 2.75) is 17.9 Å². The number of hydrogen-bond acceptors (Lipinski definition) is 3. The van der Waals surface area contributed by atoms with E-state index in [4.69, 9.17) is 0 Å². The minimum Gasteiger partial charge on any atom is -0.359 e. The zero-order valence-electron chi connectivity index (χ0n) is 9.75. The Balaban J connectivity index is 2.24. The van der Waals surface area contributed by atoms with Crippen molar-refractivity contribution in [3.8, 4) is 0 Å². The lowest BCUT2D eigenvalue weighted by Crippen LogP contribution is -2.24. The standard InChI is InChI=1S/C12H18N2OS/c1-13-12(15)7-8-14-9-10-3-5-11(16-2)6-4-10/h3-6,14H,7-9H2,1-2H3,(H,13,15). The second-order valence-corrected chi connectivity index (χ2v) is 4.33. The smallest absolute Gasteiger partial charge is 0.221 e. The van der Waals surface area contributed by atoms with Crippen molar-refractivity contribution < 1.29 is 4.79 Å². The molecule has 0 unspecified atom stereocenters. The van der Waals surface area contributed by atoms with E-state index in [-0.39, 0.29) is 5.91 Å². The van der Waals surface area contributed by atoms with Gasteiger partial charge in [0.25, 0.3) is 0 Å². The summed E-state index contributed by atoms with van der Waals surface area (Å²) in [5, 5.41) is 5.83. The number of nitrogens with one attached hydrogen (secondary N) is 2. The summed E-state index contributed by atoms with van der Waals surface area (Å²) in [6.45, 7) is 1.52. The van der Waals surface area contributed by atoms with Crippen LogP contribution in [0.25, 0.3) is 0 Å². The number of hydrogen-bond donors (Lipinski definition) is 2. The molecule has 88 valence electrons. The summed E-state index contributed by atoms with van der Waals surface area (Å²) in [5.74, 6) is 0.0743. The highest BCUT2D eigenvalue weighted by Gasteiger charge is 1.97. The Hall–Kier alpha value is -1.00. The van der Waals surface area contributed by atoms with E-state index in [0.29, 0.717) is 13.0 Å². The zero-order valence-corrected chi connectivity index (χ0v) is 10.6. The highest BCUT2D eigenvalue weighted by molar-refractivity contribution is 7.98. The first-order valence-corrected chi connectivity index (χ1v) is 6.53. The Kier molecular flexibility index (Phi) is 5.96. The van der Waals surface area contributed by atoms with Crippen molar-refractivity contribution in [3.05, 3.63) is 29.8 Å². The van der Waals surface area contributed by atoms with Crippen LogP contribution < -0.4 is 10.6 Å². The van der Waals surface area contributed by atoms with E-state index in [2.05, 4.69) is 41.2 Å². The van der Waals surface area contributed by atoms with Crippen LogP contribution in [-0.2, 0) is 11.3 Å². The molecule has 3 nitrogen and oxygen atoms in total. The lowest BCUT2D eigenvalue weighted by Gasteiger charge is -2.05. The third-order valence-corrected chi connectivity index (χ3v) is 3.04. The van der Waals surface area contributed by atoms with Crippen LogP contribution in [0.5, 0.6) is 0 Å². The van der Waals surface area contributed by atoms with Crippen molar-refractivity contribution in [1.82, 2.24) is 10.6 Å². The van der Waals surface area contributed by atoms with Crippen LogP contribution in [0.1, 0.15) is 12.0 Å². The summed E-state index contributed by atoms with van der Waals surface area (Å²) in [7, 11) is 1.66. The molecule has 16 heavy (non-hydrogen) atoms. The van der Waals surface area contributed by atoms with Gasteiger partial charge in [0.1, 0.15) is 0 Å². The van der Waals surface area contributed by atoms with Crippen LogP contribution in [-0.4, -0.2) is 25.8 Å². The first-order chi connectivity index (χ1) is 7.76. The molecule has 0 saturated heterocycles. The third kappa shape index (κ3) is 4.68. The van der Waals surface area contributed by atoms with E-state index in [1.165, 1.54) is 10.5 Å². The summed E-state index contributed by atoms with van der Waals surface area (Å²) >= 11 is 1.74. The number of benzene rings is 1. The molecule has 0 radical (unpaired) electrons. The van der Waals surface area contributed by atoms with Gasteiger partial charge in [0.2, 0.25) is 5.91 Å². The molecule has 0 aliphatic heterocycles. The SMILES string of the molecule is CNC(=O)CCNCc1ccc(SC)cc1. The molecule has 0 aliphatic carbocycles. The fourth-order valence-electron chi connectivity index (χ4n) is 1.30. The number of amides is 1. The fraction of sp³-hybridized carbons (Fsp3) is 0.417. The average Bonchev–Trinajstić information content (AvgIpc) is 2.35. The van der Waals surface area contributed by atoms with Gasteiger partial charge in [-0.25, -0.2) is 0 Å². The topological polar surface area (TPSA) is 41.1 Å². The van der Waals surface area contributed by atoms with Crippen LogP contribution in [0.4, 0.5) is 0 Å². The second-order valence-electron chi connectivity index (χ2n) is 3.45. The summed E-state index contributed by atoms with van der Waals surface area (Å²) in [6.07, 6.45) is 2.59. The Bertz CT molecular complexity index is 324. The number of carbonyl (C=O) groups excluding carboxylic acids is 1. The van der Waals surface area contributed by atoms with E-state index in [1.807, 2.05) is 0 Å². The highest BCUT2D eigenvalue weighted by atomic mass is 32.2.